The first-order valence-electron chi connectivity index (χ1n) is 8.23. The normalized spacial score (nSPS) is 12.8. The van der Waals surface area contributed by atoms with Crippen LogP contribution in [0.2, 0.25) is 0 Å². The molecule has 0 fully saturated rings. The molecule has 0 aliphatic carbocycles. The fourth-order valence-electron chi connectivity index (χ4n) is 2.45. The maximum atomic E-state index is 12.9. The lowest BCUT2D eigenvalue weighted by Crippen LogP contribution is -2.20. The van der Waals surface area contributed by atoms with Crippen LogP contribution in [0.5, 0.6) is 0 Å². The third kappa shape index (κ3) is 4.81. The molecule has 8 nitrogen and oxygen atoms in total. The first-order chi connectivity index (χ1) is 13.2. The fourth-order valence-corrected chi connectivity index (χ4v) is 2.45. The molecule has 11 heteroatoms. The van der Waals surface area contributed by atoms with Crippen molar-refractivity contribution in [3.8, 4) is 11.4 Å². The van der Waals surface area contributed by atoms with Gasteiger partial charge in [-0.05, 0) is 36.8 Å². The van der Waals surface area contributed by atoms with E-state index in [1.165, 1.54) is 4.68 Å². The molecule has 1 unspecified atom stereocenters. The summed E-state index contributed by atoms with van der Waals surface area (Å²) >= 11 is 0. The Morgan fingerprint density at radius 1 is 1.18 bits per heavy atom. The molecule has 0 radical (unpaired) electrons. The van der Waals surface area contributed by atoms with E-state index in [1.54, 1.807) is 25.3 Å². The van der Waals surface area contributed by atoms with E-state index in [4.69, 9.17) is 5.11 Å². The maximum Gasteiger partial charge on any atom is 0.416 e. The van der Waals surface area contributed by atoms with Gasteiger partial charge in [-0.3, -0.25) is 0 Å². The van der Waals surface area contributed by atoms with Gasteiger partial charge in [-0.2, -0.15) is 13.2 Å². The first-order valence-corrected chi connectivity index (χ1v) is 8.23. The Hall–Kier alpha value is -3.05. The number of halogens is 3. The third-order valence-corrected chi connectivity index (χ3v) is 3.72. The van der Waals surface area contributed by atoms with Crippen molar-refractivity contribution >= 4 is 11.6 Å². The SMILES string of the molecule is Cc1cc(Nc2cc(C(F)(F)F)ccn2)nc(-c2cn(CC(O)CO)nn2)c1. The number of hydrogen-bond donors (Lipinski definition) is 3. The molecule has 3 N–H and O–H groups in total. The van der Waals surface area contributed by atoms with Gasteiger partial charge in [-0.15, -0.1) is 5.10 Å². The van der Waals surface area contributed by atoms with Crippen LogP contribution in [-0.4, -0.2) is 47.9 Å². The van der Waals surface area contributed by atoms with Gasteiger partial charge in [0, 0.05) is 6.20 Å². The molecule has 28 heavy (non-hydrogen) atoms. The lowest BCUT2D eigenvalue weighted by Gasteiger charge is -2.10. The molecule has 0 saturated carbocycles. The van der Waals surface area contributed by atoms with Crippen LogP contribution in [0.1, 0.15) is 11.1 Å². The van der Waals surface area contributed by atoms with Crippen molar-refractivity contribution in [3.63, 3.8) is 0 Å². The number of aromatic nitrogens is 5. The molecular weight excluding hydrogens is 377 g/mol. The lowest BCUT2D eigenvalue weighted by atomic mass is 10.2. The van der Waals surface area contributed by atoms with E-state index in [1.807, 2.05) is 0 Å². The topological polar surface area (TPSA) is 109 Å². The highest BCUT2D eigenvalue weighted by Gasteiger charge is 2.30. The number of aliphatic hydroxyl groups excluding tert-OH is 2. The summed E-state index contributed by atoms with van der Waals surface area (Å²) in [5.41, 5.74) is 0.834. The van der Waals surface area contributed by atoms with Crippen molar-refractivity contribution in [3.05, 3.63) is 47.8 Å². The summed E-state index contributed by atoms with van der Waals surface area (Å²) in [5.74, 6) is 0.306. The first kappa shape index (κ1) is 19.7. The van der Waals surface area contributed by atoms with Crippen molar-refractivity contribution in [2.45, 2.75) is 25.7 Å². The van der Waals surface area contributed by atoms with Gasteiger partial charge < -0.3 is 15.5 Å². The molecule has 3 aromatic rings. The van der Waals surface area contributed by atoms with E-state index in [0.29, 0.717) is 17.2 Å². The average Bonchev–Trinajstić information content (AvgIpc) is 3.09. The minimum Gasteiger partial charge on any atom is -0.394 e. The van der Waals surface area contributed by atoms with E-state index in [0.717, 1.165) is 23.9 Å². The van der Waals surface area contributed by atoms with E-state index in [9.17, 15) is 18.3 Å². The highest BCUT2D eigenvalue weighted by atomic mass is 19.4. The van der Waals surface area contributed by atoms with Gasteiger partial charge in [0.2, 0.25) is 0 Å². The Bertz CT molecular complexity index is 960. The van der Waals surface area contributed by atoms with Gasteiger partial charge in [0.1, 0.15) is 17.3 Å². The van der Waals surface area contributed by atoms with Gasteiger partial charge in [0.25, 0.3) is 0 Å². The standard InChI is InChI=1S/C17H17F3N6O2/c1-10-4-13(14-8-26(25-24-14)7-12(28)9-27)22-16(5-10)23-15-6-11(2-3-21-15)17(18,19)20/h2-6,8,12,27-28H,7,9H2,1H3,(H,21,22,23). The zero-order valence-electron chi connectivity index (χ0n) is 14.7. The number of nitrogens with zero attached hydrogens (tertiary/aromatic N) is 5. The van der Waals surface area contributed by atoms with Crippen LogP contribution in [0.3, 0.4) is 0 Å². The molecule has 0 aliphatic rings. The van der Waals surface area contributed by atoms with Crippen LogP contribution in [0, 0.1) is 6.92 Å². The number of nitrogens with one attached hydrogen (secondary N) is 1. The second-order valence-corrected chi connectivity index (χ2v) is 6.13. The Morgan fingerprint density at radius 3 is 2.68 bits per heavy atom. The van der Waals surface area contributed by atoms with Gasteiger partial charge >= 0.3 is 6.18 Å². The zero-order valence-corrected chi connectivity index (χ0v) is 14.7. The molecule has 0 saturated heterocycles. The van der Waals surface area contributed by atoms with Gasteiger partial charge in [-0.1, -0.05) is 5.21 Å². The van der Waals surface area contributed by atoms with Crippen LogP contribution in [-0.2, 0) is 12.7 Å². The quantitative estimate of drug-likeness (QED) is 0.588. The Kier molecular flexibility index (Phi) is 5.56. The fraction of sp³-hybridized carbons (Fsp3) is 0.294. The minimum absolute atomic E-state index is 0.00796. The van der Waals surface area contributed by atoms with Crippen LogP contribution in [0.4, 0.5) is 24.8 Å². The number of aryl methyl sites for hydroxylation is 1. The highest BCUT2D eigenvalue weighted by Crippen LogP contribution is 2.30. The summed E-state index contributed by atoms with van der Waals surface area (Å²) in [6.45, 7) is 1.46. The maximum absolute atomic E-state index is 12.9. The summed E-state index contributed by atoms with van der Waals surface area (Å²) in [6, 6.07) is 5.18. The molecule has 0 amide bonds. The predicted molar refractivity (Wildman–Crippen MR) is 93.6 cm³/mol. The summed E-state index contributed by atoms with van der Waals surface area (Å²) in [4.78, 5) is 8.24. The van der Waals surface area contributed by atoms with Crippen molar-refractivity contribution in [2.75, 3.05) is 11.9 Å². The molecule has 0 bridgehead atoms. The predicted octanol–water partition coefficient (Wildman–Crippen LogP) is 2.16. The molecule has 0 aromatic carbocycles. The second-order valence-electron chi connectivity index (χ2n) is 6.13. The van der Waals surface area contributed by atoms with Crippen molar-refractivity contribution < 1.29 is 23.4 Å². The highest BCUT2D eigenvalue weighted by molar-refractivity contribution is 5.61. The third-order valence-electron chi connectivity index (χ3n) is 3.72. The molecule has 3 heterocycles. The summed E-state index contributed by atoms with van der Waals surface area (Å²) < 4.78 is 39.9. The molecule has 3 aromatic heterocycles. The number of rotatable bonds is 6. The van der Waals surface area contributed by atoms with Gasteiger partial charge in [0.05, 0.1) is 36.7 Å². The Labute approximate surface area is 157 Å². The van der Waals surface area contributed by atoms with Crippen molar-refractivity contribution in [2.24, 2.45) is 0 Å². The summed E-state index contributed by atoms with van der Waals surface area (Å²) in [5, 5.41) is 29.0. The monoisotopic (exact) mass is 394 g/mol. The number of hydrogen-bond acceptors (Lipinski definition) is 7. The largest absolute Gasteiger partial charge is 0.416 e. The van der Waals surface area contributed by atoms with Crippen LogP contribution >= 0.6 is 0 Å². The number of pyridine rings is 2. The number of anilines is 2. The molecule has 0 aliphatic heterocycles. The summed E-state index contributed by atoms with van der Waals surface area (Å²) in [7, 11) is 0. The van der Waals surface area contributed by atoms with E-state index in [2.05, 4.69) is 25.6 Å². The number of alkyl halides is 3. The van der Waals surface area contributed by atoms with E-state index >= 15 is 0 Å². The Balaban J connectivity index is 1.84. The van der Waals surface area contributed by atoms with E-state index < -0.39 is 24.5 Å². The minimum atomic E-state index is -4.47. The summed E-state index contributed by atoms with van der Waals surface area (Å²) in [6.07, 6.45) is -2.82. The lowest BCUT2D eigenvalue weighted by molar-refractivity contribution is -0.137. The second kappa shape index (κ2) is 7.90. The van der Waals surface area contributed by atoms with Crippen LogP contribution < -0.4 is 5.32 Å². The molecule has 148 valence electrons. The zero-order chi connectivity index (χ0) is 20.3. The van der Waals surface area contributed by atoms with Gasteiger partial charge in [0.15, 0.2) is 0 Å². The molecule has 3 rings (SSSR count). The van der Waals surface area contributed by atoms with Crippen LogP contribution in [0.15, 0.2) is 36.7 Å². The number of aliphatic hydroxyl groups is 2. The average molecular weight is 394 g/mol. The molecule has 0 spiro atoms. The smallest absolute Gasteiger partial charge is 0.394 e. The Morgan fingerprint density at radius 2 is 1.96 bits per heavy atom. The van der Waals surface area contributed by atoms with Gasteiger partial charge in [-0.25, -0.2) is 14.6 Å². The van der Waals surface area contributed by atoms with E-state index in [-0.39, 0.29) is 12.4 Å². The van der Waals surface area contributed by atoms with Crippen LogP contribution in [0.25, 0.3) is 11.4 Å². The molecular formula is C17H17F3N6O2. The van der Waals surface area contributed by atoms with Crippen molar-refractivity contribution in [1.82, 2.24) is 25.0 Å². The molecule has 1 atom stereocenters. The van der Waals surface area contributed by atoms with Crippen molar-refractivity contribution in [1.29, 1.82) is 0 Å².